The van der Waals surface area contributed by atoms with Crippen molar-refractivity contribution >= 4 is 11.6 Å². The molecule has 1 aromatic carbocycles. The molecule has 0 aliphatic carbocycles. The maximum Gasteiger partial charge on any atom is 0.237 e. The van der Waals surface area contributed by atoms with E-state index in [1.165, 1.54) is 0 Å². The van der Waals surface area contributed by atoms with Gasteiger partial charge in [-0.05, 0) is 37.6 Å². The molecule has 1 aliphatic heterocycles. The second kappa shape index (κ2) is 7.31. The van der Waals surface area contributed by atoms with Crippen LogP contribution in [-0.2, 0) is 4.79 Å². The summed E-state index contributed by atoms with van der Waals surface area (Å²) >= 11 is 0. The number of piperazine rings is 1. The molecular weight excluding hydrogens is 266 g/mol. The molecule has 5 heteroatoms. The lowest BCUT2D eigenvalue weighted by Gasteiger charge is -2.38. The monoisotopic (exact) mass is 291 g/mol. The Morgan fingerprint density at radius 1 is 1.24 bits per heavy atom. The molecule has 0 unspecified atom stereocenters. The number of anilines is 1. The molecule has 0 aromatic heterocycles. The molecule has 0 bridgehead atoms. The Kier molecular flexibility index (Phi) is 5.44. The Morgan fingerprint density at radius 3 is 2.43 bits per heavy atom. The lowest BCUT2D eigenvalue weighted by atomic mass is 10.2. The van der Waals surface area contributed by atoms with Crippen molar-refractivity contribution in [1.82, 2.24) is 10.2 Å². The van der Waals surface area contributed by atoms with Crippen molar-refractivity contribution in [3.63, 3.8) is 0 Å². The molecule has 2 rings (SSSR count). The van der Waals surface area contributed by atoms with Crippen LogP contribution in [0.2, 0.25) is 0 Å². The summed E-state index contributed by atoms with van der Waals surface area (Å²) in [7, 11) is 0. The van der Waals surface area contributed by atoms with Crippen molar-refractivity contribution in [3.05, 3.63) is 24.3 Å². The minimum atomic E-state index is -0.0708. The van der Waals surface area contributed by atoms with Crippen molar-refractivity contribution in [1.29, 1.82) is 0 Å². The first-order chi connectivity index (χ1) is 10.1. The fourth-order valence-corrected chi connectivity index (χ4v) is 2.59. The first-order valence-corrected chi connectivity index (χ1v) is 7.67. The lowest BCUT2D eigenvalue weighted by Crippen LogP contribution is -2.54. The van der Waals surface area contributed by atoms with E-state index in [0.29, 0.717) is 5.75 Å². The zero-order chi connectivity index (χ0) is 15.2. The highest BCUT2D eigenvalue weighted by molar-refractivity contribution is 5.81. The average Bonchev–Trinajstić information content (AvgIpc) is 2.53. The number of carbonyl (C=O) groups excluding carboxylic acids is 1. The van der Waals surface area contributed by atoms with Gasteiger partial charge in [-0.15, -0.1) is 0 Å². The number of nitrogens with one attached hydrogen (secondary N) is 1. The summed E-state index contributed by atoms with van der Waals surface area (Å²) in [5.74, 6) is 0.411. The Bertz CT molecular complexity index is 453. The number of nitrogens with zero attached hydrogens (tertiary/aromatic N) is 2. The van der Waals surface area contributed by atoms with Gasteiger partial charge in [0.15, 0.2) is 0 Å². The summed E-state index contributed by atoms with van der Waals surface area (Å²) in [6.07, 6.45) is 0.965. The number of benzene rings is 1. The van der Waals surface area contributed by atoms with Gasteiger partial charge < -0.3 is 15.3 Å². The smallest absolute Gasteiger partial charge is 0.237 e. The molecule has 1 atom stereocenters. The van der Waals surface area contributed by atoms with Gasteiger partial charge in [0.2, 0.25) is 5.91 Å². The number of rotatable bonds is 5. The minimum absolute atomic E-state index is 0.0708. The normalized spacial score (nSPS) is 17.5. The van der Waals surface area contributed by atoms with Crippen molar-refractivity contribution in [2.24, 2.45) is 0 Å². The van der Waals surface area contributed by atoms with E-state index in [1.54, 1.807) is 12.1 Å². The van der Waals surface area contributed by atoms with E-state index in [4.69, 9.17) is 0 Å². The Labute approximate surface area is 126 Å². The summed E-state index contributed by atoms with van der Waals surface area (Å²) in [6.45, 7) is 8.33. The molecule has 1 amide bonds. The minimum Gasteiger partial charge on any atom is -0.508 e. The van der Waals surface area contributed by atoms with Crippen LogP contribution in [0.1, 0.15) is 20.3 Å². The van der Waals surface area contributed by atoms with E-state index >= 15 is 0 Å². The molecule has 5 nitrogen and oxygen atoms in total. The standard InChI is InChI=1S/C16H25N3O2/c1-3-8-17-16(21)13(2)18-9-11-19(12-10-18)14-4-6-15(20)7-5-14/h4-7,13,20H,3,8-12H2,1-2H3,(H,17,21)/t13-/m0/s1. The number of hydrogen-bond acceptors (Lipinski definition) is 4. The van der Waals surface area contributed by atoms with Crippen LogP contribution in [0.3, 0.4) is 0 Å². The van der Waals surface area contributed by atoms with Gasteiger partial charge in [-0.25, -0.2) is 0 Å². The molecule has 0 saturated carbocycles. The maximum atomic E-state index is 12.0. The zero-order valence-corrected chi connectivity index (χ0v) is 12.9. The highest BCUT2D eigenvalue weighted by Gasteiger charge is 2.25. The molecule has 2 N–H and O–H groups in total. The van der Waals surface area contributed by atoms with Crippen molar-refractivity contribution in [2.75, 3.05) is 37.6 Å². The van der Waals surface area contributed by atoms with Gasteiger partial charge in [0.05, 0.1) is 6.04 Å². The number of aromatic hydroxyl groups is 1. The van der Waals surface area contributed by atoms with Gasteiger partial charge in [0, 0.05) is 38.4 Å². The highest BCUT2D eigenvalue weighted by atomic mass is 16.3. The van der Waals surface area contributed by atoms with E-state index in [1.807, 2.05) is 19.1 Å². The summed E-state index contributed by atoms with van der Waals surface area (Å²) in [6, 6.07) is 7.22. The van der Waals surface area contributed by atoms with Gasteiger partial charge in [-0.3, -0.25) is 9.69 Å². The zero-order valence-electron chi connectivity index (χ0n) is 12.9. The molecule has 1 aromatic rings. The van der Waals surface area contributed by atoms with Crippen molar-refractivity contribution < 1.29 is 9.90 Å². The second-order valence-corrected chi connectivity index (χ2v) is 5.51. The van der Waals surface area contributed by atoms with Crippen LogP contribution in [0.25, 0.3) is 0 Å². The summed E-state index contributed by atoms with van der Waals surface area (Å²) in [5, 5.41) is 12.3. The summed E-state index contributed by atoms with van der Waals surface area (Å²) < 4.78 is 0. The topological polar surface area (TPSA) is 55.8 Å². The van der Waals surface area contributed by atoms with Crippen LogP contribution in [-0.4, -0.2) is 54.7 Å². The molecule has 0 radical (unpaired) electrons. The molecular formula is C16H25N3O2. The third kappa shape index (κ3) is 4.11. The Balaban J connectivity index is 1.85. The SMILES string of the molecule is CCCNC(=O)[C@H](C)N1CCN(c2ccc(O)cc2)CC1. The predicted octanol–water partition coefficient (Wildman–Crippen LogP) is 1.43. The maximum absolute atomic E-state index is 12.0. The van der Waals surface area contributed by atoms with Crippen molar-refractivity contribution in [2.45, 2.75) is 26.3 Å². The van der Waals surface area contributed by atoms with Gasteiger partial charge >= 0.3 is 0 Å². The number of phenols is 1. The van der Waals surface area contributed by atoms with Gasteiger partial charge in [-0.2, -0.15) is 0 Å². The second-order valence-electron chi connectivity index (χ2n) is 5.51. The fraction of sp³-hybridized carbons (Fsp3) is 0.562. The third-order valence-corrected chi connectivity index (χ3v) is 4.01. The summed E-state index contributed by atoms with van der Waals surface area (Å²) in [5.41, 5.74) is 1.12. The van der Waals surface area contributed by atoms with Gasteiger partial charge in [-0.1, -0.05) is 6.92 Å². The molecule has 1 aliphatic rings. The van der Waals surface area contributed by atoms with E-state index in [0.717, 1.165) is 44.8 Å². The molecule has 21 heavy (non-hydrogen) atoms. The molecule has 116 valence electrons. The average molecular weight is 291 g/mol. The van der Waals surface area contributed by atoms with Gasteiger partial charge in [0.25, 0.3) is 0 Å². The van der Waals surface area contributed by atoms with Crippen LogP contribution in [0.4, 0.5) is 5.69 Å². The number of carbonyl (C=O) groups is 1. The lowest BCUT2D eigenvalue weighted by molar-refractivity contribution is -0.126. The predicted molar refractivity (Wildman–Crippen MR) is 84.7 cm³/mol. The Morgan fingerprint density at radius 2 is 1.86 bits per heavy atom. The fourth-order valence-electron chi connectivity index (χ4n) is 2.59. The third-order valence-electron chi connectivity index (χ3n) is 4.01. The molecule has 1 saturated heterocycles. The number of phenolic OH excluding ortho intramolecular Hbond substituents is 1. The van der Waals surface area contributed by atoms with Crippen LogP contribution in [0.5, 0.6) is 5.75 Å². The number of amides is 1. The van der Waals surface area contributed by atoms with E-state index in [-0.39, 0.29) is 11.9 Å². The largest absolute Gasteiger partial charge is 0.508 e. The van der Waals surface area contributed by atoms with Gasteiger partial charge in [0.1, 0.15) is 5.75 Å². The van der Waals surface area contributed by atoms with Crippen LogP contribution in [0, 0.1) is 0 Å². The van der Waals surface area contributed by atoms with Crippen molar-refractivity contribution in [3.8, 4) is 5.75 Å². The number of hydrogen-bond donors (Lipinski definition) is 2. The molecule has 0 spiro atoms. The quantitative estimate of drug-likeness (QED) is 0.862. The highest BCUT2D eigenvalue weighted by Crippen LogP contribution is 2.20. The molecule has 1 heterocycles. The molecule has 1 fully saturated rings. The first-order valence-electron chi connectivity index (χ1n) is 7.67. The van der Waals surface area contributed by atoms with Crippen LogP contribution < -0.4 is 10.2 Å². The van der Waals surface area contributed by atoms with Crippen LogP contribution in [0.15, 0.2) is 24.3 Å². The Hall–Kier alpha value is -1.75. The summed E-state index contributed by atoms with van der Waals surface area (Å²) in [4.78, 5) is 16.5. The van der Waals surface area contributed by atoms with E-state index < -0.39 is 0 Å². The first kappa shape index (κ1) is 15.6. The van der Waals surface area contributed by atoms with Crippen LogP contribution >= 0.6 is 0 Å². The van der Waals surface area contributed by atoms with E-state index in [9.17, 15) is 9.90 Å². The van der Waals surface area contributed by atoms with E-state index in [2.05, 4.69) is 22.0 Å².